The van der Waals surface area contributed by atoms with Gasteiger partial charge in [-0.2, -0.15) is 5.10 Å². The zero-order chi connectivity index (χ0) is 18.4. The fourth-order valence-electron chi connectivity index (χ4n) is 2.28. The predicted molar refractivity (Wildman–Crippen MR) is 97.9 cm³/mol. The summed E-state index contributed by atoms with van der Waals surface area (Å²) in [5.41, 5.74) is 2.24. The summed E-state index contributed by atoms with van der Waals surface area (Å²) in [4.78, 5) is 16.0. The molecule has 0 saturated carbocycles. The van der Waals surface area contributed by atoms with Crippen LogP contribution in [-0.4, -0.2) is 38.3 Å². The number of hydrogen-bond donors (Lipinski definition) is 3. The Balaban J connectivity index is 1.67. The number of aromatic nitrogens is 5. The third-order valence-electron chi connectivity index (χ3n) is 3.42. The highest BCUT2D eigenvalue weighted by molar-refractivity contribution is 5.73. The van der Waals surface area contributed by atoms with Gasteiger partial charge in [0.05, 0.1) is 6.57 Å². The lowest BCUT2D eigenvalue weighted by molar-refractivity contribution is 0.306. The molecule has 0 aliphatic carbocycles. The highest BCUT2D eigenvalue weighted by Crippen LogP contribution is 2.30. The van der Waals surface area contributed by atoms with E-state index in [1.165, 1.54) is 0 Å². The van der Waals surface area contributed by atoms with Gasteiger partial charge in [0.1, 0.15) is 18.2 Å². The Kier molecular flexibility index (Phi) is 5.24. The van der Waals surface area contributed by atoms with Gasteiger partial charge >= 0.3 is 6.01 Å². The molecule has 0 aliphatic heterocycles. The van der Waals surface area contributed by atoms with E-state index in [0.29, 0.717) is 42.3 Å². The quantitative estimate of drug-likeness (QED) is 0.444. The van der Waals surface area contributed by atoms with Gasteiger partial charge in [-0.3, -0.25) is 5.10 Å². The van der Waals surface area contributed by atoms with Crippen molar-refractivity contribution in [2.45, 2.75) is 13.8 Å². The zero-order valence-corrected chi connectivity index (χ0v) is 14.4. The van der Waals surface area contributed by atoms with Gasteiger partial charge in [0.25, 0.3) is 0 Å². The van der Waals surface area contributed by atoms with Crippen LogP contribution in [0.2, 0.25) is 0 Å². The van der Waals surface area contributed by atoms with Crippen LogP contribution in [0.15, 0.2) is 30.6 Å². The second-order valence-electron chi connectivity index (χ2n) is 5.50. The summed E-state index contributed by atoms with van der Waals surface area (Å²) >= 11 is 0. The number of H-pyrrole nitrogens is 1. The third kappa shape index (κ3) is 4.24. The summed E-state index contributed by atoms with van der Waals surface area (Å²) in [6.45, 7) is 12.0. The van der Waals surface area contributed by atoms with Gasteiger partial charge < -0.3 is 15.4 Å². The number of rotatable bonds is 7. The minimum Gasteiger partial charge on any atom is -0.462 e. The number of aryl methyl sites for hydroxylation is 2. The molecule has 0 aromatic carbocycles. The van der Waals surface area contributed by atoms with E-state index < -0.39 is 0 Å². The Bertz CT molecular complexity index is 916. The molecule has 0 radical (unpaired) electrons. The summed E-state index contributed by atoms with van der Waals surface area (Å²) < 4.78 is 5.44. The van der Waals surface area contributed by atoms with Crippen LogP contribution in [0.4, 0.5) is 23.1 Å². The van der Waals surface area contributed by atoms with E-state index in [-0.39, 0.29) is 0 Å². The van der Waals surface area contributed by atoms with Crippen molar-refractivity contribution in [1.29, 1.82) is 0 Å². The topological polar surface area (TPSA) is 105 Å². The van der Waals surface area contributed by atoms with Gasteiger partial charge in [-0.15, -0.1) is 0 Å². The van der Waals surface area contributed by atoms with E-state index in [4.69, 9.17) is 11.3 Å². The van der Waals surface area contributed by atoms with E-state index in [1.54, 1.807) is 18.5 Å². The van der Waals surface area contributed by atoms with E-state index in [9.17, 15) is 0 Å². The molecule has 26 heavy (non-hydrogen) atoms. The van der Waals surface area contributed by atoms with Crippen molar-refractivity contribution in [2.24, 2.45) is 0 Å². The van der Waals surface area contributed by atoms with Crippen LogP contribution >= 0.6 is 0 Å². The first-order valence-corrected chi connectivity index (χ1v) is 7.97. The standard InChI is InChI=1S/C17H18N8O/c1-11-9-13(22-14-10-12(2)24-25-14)23-16(15(11)18-3)19-7-8-26-17-20-5-4-6-21-17/h4-6,9-10H,7-8H2,1-2H3,(H3,19,22,23,24,25). The van der Waals surface area contributed by atoms with Crippen LogP contribution in [-0.2, 0) is 0 Å². The molecule has 9 heteroatoms. The maximum absolute atomic E-state index is 7.39. The van der Waals surface area contributed by atoms with Gasteiger partial charge in [0.2, 0.25) is 5.69 Å². The van der Waals surface area contributed by atoms with Crippen molar-refractivity contribution >= 4 is 23.1 Å². The highest BCUT2D eigenvalue weighted by Gasteiger charge is 2.11. The van der Waals surface area contributed by atoms with Crippen molar-refractivity contribution in [3.63, 3.8) is 0 Å². The number of anilines is 3. The summed E-state index contributed by atoms with van der Waals surface area (Å²) in [5, 5.41) is 13.3. The van der Waals surface area contributed by atoms with Gasteiger partial charge in [0.15, 0.2) is 5.82 Å². The molecule has 0 saturated heterocycles. The monoisotopic (exact) mass is 350 g/mol. The van der Waals surface area contributed by atoms with Crippen LogP contribution in [0.3, 0.4) is 0 Å². The number of nitrogens with one attached hydrogen (secondary N) is 3. The molecule has 3 heterocycles. The zero-order valence-electron chi connectivity index (χ0n) is 14.4. The molecule has 0 amide bonds. The summed E-state index contributed by atoms with van der Waals surface area (Å²) in [6.07, 6.45) is 3.23. The van der Waals surface area contributed by atoms with Gasteiger partial charge in [0, 0.05) is 30.7 Å². The lowest BCUT2D eigenvalue weighted by atomic mass is 10.2. The SMILES string of the molecule is [C-]#[N+]c1c(C)cc(Nc2cc(C)[nH]n2)nc1NCCOc1ncccn1. The van der Waals surface area contributed by atoms with Crippen molar-refractivity contribution in [3.05, 3.63) is 53.3 Å². The normalized spacial score (nSPS) is 10.2. The van der Waals surface area contributed by atoms with Crippen LogP contribution in [0.25, 0.3) is 4.85 Å². The Hall–Kier alpha value is -3.67. The molecule has 0 fully saturated rings. The smallest absolute Gasteiger partial charge is 0.316 e. The number of hydrogen-bond acceptors (Lipinski definition) is 7. The molecule has 3 N–H and O–H groups in total. The lowest BCUT2D eigenvalue weighted by Gasteiger charge is -2.12. The van der Waals surface area contributed by atoms with E-state index in [2.05, 4.69) is 40.6 Å². The molecule has 0 spiro atoms. The Morgan fingerprint density at radius 1 is 1.19 bits per heavy atom. The third-order valence-corrected chi connectivity index (χ3v) is 3.42. The minimum absolute atomic E-state index is 0.313. The van der Waals surface area contributed by atoms with Gasteiger partial charge in [-0.25, -0.2) is 19.8 Å². The molecule has 3 aromatic rings. The first-order valence-electron chi connectivity index (χ1n) is 7.97. The molecule has 132 valence electrons. The lowest BCUT2D eigenvalue weighted by Crippen LogP contribution is -2.14. The van der Waals surface area contributed by atoms with Crippen LogP contribution in [0.5, 0.6) is 6.01 Å². The molecule has 3 rings (SSSR count). The van der Waals surface area contributed by atoms with Gasteiger partial charge in [-0.1, -0.05) is 0 Å². The first-order chi connectivity index (χ1) is 12.7. The first kappa shape index (κ1) is 17.2. The second-order valence-corrected chi connectivity index (χ2v) is 5.50. The average molecular weight is 350 g/mol. The van der Waals surface area contributed by atoms with Gasteiger partial charge in [-0.05, 0) is 31.5 Å². The molecule has 0 atom stereocenters. The Labute approximate surface area is 150 Å². The summed E-state index contributed by atoms with van der Waals surface area (Å²) in [5.74, 6) is 1.77. The highest BCUT2D eigenvalue weighted by atomic mass is 16.5. The maximum atomic E-state index is 7.39. The van der Waals surface area contributed by atoms with E-state index in [1.807, 2.05) is 26.0 Å². The van der Waals surface area contributed by atoms with Crippen LogP contribution in [0, 0.1) is 20.4 Å². The summed E-state index contributed by atoms with van der Waals surface area (Å²) in [7, 11) is 0. The molecular formula is C17H18N8O. The molecule has 3 aromatic heterocycles. The number of aromatic amines is 1. The molecule has 0 aliphatic rings. The van der Waals surface area contributed by atoms with Crippen molar-refractivity contribution < 1.29 is 4.74 Å². The largest absolute Gasteiger partial charge is 0.462 e. The molecule has 0 bridgehead atoms. The van der Waals surface area contributed by atoms with Crippen LogP contribution < -0.4 is 15.4 Å². The molecule has 0 unspecified atom stereocenters. The number of nitrogens with zero attached hydrogens (tertiary/aromatic N) is 5. The fourth-order valence-corrected chi connectivity index (χ4v) is 2.28. The minimum atomic E-state index is 0.313. The molecular weight excluding hydrogens is 332 g/mol. The van der Waals surface area contributed by atoms with E-state index >= 15 is 0 Å². The second kappa shape index (κ2) is 7.94. The predicted octanol–water partition coefficient (Wildman–Crippen LogP) is 3.00. The summed E-state index contributed by atoms with van der Waals surface area (Å²) in [6, 6.07) is 5.73. The Morgan fingerprint density at radius 2 is 2.00 bits per heavy atom. The van der Waals surface area contributed by atoms with Crippen molar-refractivity contribution in [2.75, 3.05) is 23.8 Å². The average Bonchev–Trinajstić information content (AvgIpc) is 3.04. The van der Waals surface area contributed by atoms with Crippen molar-refractivity contribution in [3.8, 4) is 6.01 Å². The Morgan fingerprint density at radius 3 is 2.69 bits per heavy atom. The maximum Gasteiger partial charge on any atom is 0.316 e. The molecule has 9 nitrogen and oxygen atoms in total. The number of ether oxygens (including phenoxy) is 1. The fraction of sp³-hybridized carbons (Fsp3) is 0.235. The van der Waals surface area contributed by atoms with Crippen molar-refractivity contribution in [1.82, 2.24) is 25.1 Å². The number of pyridine rings is 1. The van der Waals surface area contributed by atoms with E-state index in [0.717, 1.165) is 11.3 Å². The van der Waals surface area contributed by atoms with Crippen LogP contribution in [0.1, 0.15) is 11.3 Å².